The zero-order chi connectivity index (χ0) is 13.8. The maximum Gasteiger partial charge on any atom is 0.358 e. The standard InChI is InChI=1S/C13H12Cl2N2O2/c1-2-19-13(18)12-5-6-17(16-12)8-9-3-4-10(14)7-11(9)15/h3-7H,2,8H2,1H3. The van der Waals surface area contributed by atoms with Gasteiger partial charge in [0.15, 0.2) is 5.69 Å². The number of hydrogen-bond donors (Lipinski definition) is 0. The van der Waals surface area contributed by atoms with E-state index in [0.717, 1.165) is 5.56 Å². The summed E-state index contributed by atoms with van der Waals surface area (Å²) in [4.78, 5) is 11.5. The van der Waals surface area contributed by atoms with Gasteiger partial charge in [-0.2, -0.15) is 5.10 Å². The highest BCUT2D eigenvalue weighted by molar-refractivity contribution is 6.35. The van der Waals surface area contributed by atoms with Crippen molar-refractivity contribution in [1.29, 1.82) is 0 Å². The number of hydrogen-bond acceptors (Lipinski definition) is 3. The van der Waals surface area contributed by atoms with E-state index < -0.39 is 5.97 Å². The van der Waals surface area contributed by atoms with Gasteiger partial charge < -0.3 is 4.74 Å². The predicted octanol–water partition coefficient (Wildman–Crippen LogP) is 3.41. The Hall–Kier alpha value is -1.52. The third-order valence-corrected chi connectivity index (χ3v) is 3.06. The number of halogens is 2. The molecule has 4 nitrogen and oxygen atoms in total. The Morgan fingerprint density at radius 3 is 2.84 bits per heavy atom. The quantitative estimate of drug-likeness (QED) is 0.813. The van der Waals surface area contributed by atoms with E-state index in [9.17, 15) is 4.79 Å². The van der Waals surface area contributed by atoms with Crippen LogP contribution in [0.1, 0.15) is 23.0 Å². The highest BCUT2D eigenvalue weighted by Gasteiger charge is 2.11. The molecule has 0 unspecified atom stereocenters. The SMILES string of the molecule is CCOC(=O)c1ccn(Cc2ccc(Cl)cc2Cl)n1. The molecule has 0 radical (unpaired) electrons. The van der Waals surface area contributed by atoms with Crippen molar-refractivity contribution in [3.63, 3.8) is 0 Å². The Balaban J connectivity index is 2.13. The first-order valence-corrected chi connectivity index (χ1v) is 6.50. The summed E-state index contributed by atoms with van der Waals surface area (Å²) in [6.45, 7) is 2.55. The van der Waals surface area contributed by atoms with Gasteiger partial charge >= 0.3 is 5.97 Å². The molecular weight excluding hydrogens is 287 g/mol. The van der Waals surface area contributed by atoms with Crippen LogP contribution in [0.4, 0.5) is 0 Å². The van der Waals surface area contributed by atoms with Gasteiger partial charge in [-0.15, -0.1) is 0 Å². The number of aromatic nitrogens is 2. The van der Waals surface area contributed by atoms with Crippen molar-refractivity contribution >= 4 is 29.2 Å². The van der Waals surface area contributed by atoms with E-state index >= 15 is 0 Å². The molecule has 100 valence electrons. The Morgan fingerprint density at radius 2 is 2.16 bits per heavy atom. The van der Waals surface area contributed by atoms with Crippen molar-refractivity contribution in [2.45, 2.75) is 13.5 Å². The molecule has 0 fully saturated rings. The van der Waals surface area contributed by atoms with E-state index in [1.807, 2.05) is 6.07 Å². The lowest BCUT2D eigenvalue weighted by Gasteiger charge is -2.05. The first kappa shape index (κ1) is 13.9. The molecule has 1 aromatic heterocycles. The van der Waals surface area contributed by atoms with Gasteiger partial charge in [0.1, 0.15) is 0 Å². The van der Waals surface area contributed by atoms with Gasteiger partial charge in [-0.05, 0) is 30.7 Å². The second-order valence-corrected chi connectivity index (χ2v) is 4.70. The molecular formula is C13H12Cl2N2O2. The lowest BCUT2D eigenvalue weighted by molar-refractivity contribution is 0.0518. The van der Waals surface area contributed by atoms with Crippen LogP contribution < -0.4 is 0 Å². The Kier molecular flexibility index (Phi) is 4.45. The average molecular weight is 299 g/mol. The summed E-state index contributed by atoms with van der Waals surface area (Å²) in [6.07, 6.45) is 1.71. The van der Waals surface area contributed by atoms with Crippen LogP contribution in [0.15, 0.2) is 30.5 Å². The molecule has 0 atom stereocenters. The summed E-state index contributed by atoms with van der Waals surface area (Å²) in [5, 5.41) is 5.29. The fraction of sp³-hybridized carbons (Fsp3) is 0.231. The van der Waals surface area contributed by atoms with Crippen molar-refractivity contribution in [1.82, 2.24) is 9.78 Å². The van der Waals surface area contributed by atoms with Gasteiger partial charge in [-0.25, -0.2) is 4.79 Å². The van der Waals surface area contributed by atoms with Gasteiger partial charge in [-0.3, -0.25) is 4.68 Å². The monoisotopic (exact) mass is 298 g/mol. The minimum absolute atomic E-state index is 0.284. The molecule has 19 heavy (non-hydrogen) atoms. The molecule has 0 saturated heterocycles. The first-order chi connectivity index (χ1) is 9.10. The van der Waals surface area contributed by atoms with Crippen LogP contribution in [0.5, 0.6) is 0 Å². The summed E-state index contributed by atoms with van der Waals surface area (Å²) in [6, 6.07) is 6.88. The van der Waals surface area contributed by atoms with Gasteiger partial charge in [-0.1, -0.05) is 29.3 Å². The molecule has 1 aromatic carbocycles. The zero-order valence-electron chi connectivity index (χ0n) is 10.3. The number of esters is 1. The molecule has 0 saturated carbocycles. The highest BCUT2D eigenvalue weighted by Crippen LogP contribution is 2.21. The number of rotatable bonds is 4. The van der Waals surface area contributed by atoms with Crippen molar-refractivity contribution in [3.8, 4) is 0 Å². The van der Waals surface area contributed by atoms with E-state index in [4.69, 9.17) is 27.9 Å². The minimum atomic E-state index is -0.427. The van der Waals surface area contributed by atoms with Crippen LogP contribution in [-0.2, 0) is 11.3 Å². The van der Waals surface area contributed by atoms with Crippen molar-refractivity contribution in [2.75, 3.05) is 6.61 Å². The largest absolute Gasteiger partial charge is 0.461 e. The normalized spacial score (nSPS) is 10.5. The number of nitrogens with zero attached hydrogens (tertiary/aromatic N) is 2. The molecule has 2 aromatic rings. The van der Waals surface area contributed by atoms with E-state index in [1.54, 1.807) is 36.0 Å². The molecule has 0 aliphatic carbocycles. The number of ether oxygens (including phenoxy) is 1. The fourth-order valence-electron chi connectivity index (χ4n) is 1.59. The molecule has 0 spiro atoms. The van der Waals surface area contributed by atoms with Crippen LogP contribution in [-0.4, -0.2) is 22.4 Å². The molecule has 0 amide bonds. The van der Waals surface area contributed by atoms with Gasteiger partial charge in [0.25, 0.3) is 0 Å². The van der Waals surface area contributed by atoms with Crippen molar-refractivity contribution < 1.29 is 9.53 Å². The first-order valence-electron chi connectivity index (χ1n) is 5.74. The second kappa shape index (κ2) is 6.08. The summed E-state index contributed by atoms with van der Waals surface area (Å²) < 4.78 is 6.50. The molecule has 1 heterocycles. The molecule has 0 bridgehead atoms. The minimum Gasteiger partial charge on any atom is -0.461 e. The molecule has 0 aliphatic heterocycles. The fourth-order valence-corrected chi connectivity index (χ4v) is 2.06. The molecule has 2 rings (SSSR count). The number of carbonyl (C=O) groups is 1. The van der Waals surface area contributed by atoms with E-state index in [1.165, 1.54) is 0 Å². The predicted molar refractivity (Wildman–Crippen MR) is 73.7 cm³/mol. The number of benzene rings is 1. The lowest BCUT2D eigenvalue weighted by Crippen LogP contribution is -2.08. The third-order valence-electron chi connectivity index (χ3n) is 2.47. The summed E-state index contributed by atoms with van der Waals surface area (Å²) in [7, 11) is 0. The van der Waals surface area contributed by atoms with Gasteiger partial charge in [0, 0.05) is 16.2 Å². The molecule has 0 N–H and O–H groups in total. The molecule has 6 heteroatoms. The highest BCUT2D eigenvalue weighted by atomic mass is 35.5. The van der Waals surface area contributed by atoms with Crippen molar-refractivity contribution in [3.05, 3.63) is 51.8 Å². The summed E-state index contributed by atoms with van der Waals surface area (Å²) >= 11 is 11.9. The summed E-state index contributed by atoms with van der Waals surface area (Å²) in [5.74, 6) is -0.427. The van der Waals surface area contributed by atoms with Crippen LogP contribution >= 0.6 is 23.2 Å². The van der Waals surface area contributed by atoms with Crippen LogP contribution in [0.2, 0.25) is 10.0 Å². The maximum atomic E-state index is 11.5. The van der Waals surface area contributed by atoms with Gasteiger partial charge in [0.2, 0.25) is 0 Å². The molecule has 0 aliphatic rings. The van der Waals surface area contributed by atoms with Crippen LogP contribution in [0.25, 0.3) is 0 Å². The van der Waals surface area contributed by atoms with E-state index in [-0.39, 0.29) is 5.69 Å². The average Bonchev–Trinajstić information content (AvgIpc) is 2.82. The van der Waals surface area contributed by atoms with Crippen LogP contribution in [0.3, 0.4) is 0 Å². The van der Waals surface area contributed by atoms with Gasteiger partial charge in [0.05, 0.1) is 13.2 Å². The zero-order valence-corrected chi connectivity index (χ0v) is 11.8. The smallest absolute Gasteiger partial charge is 0.358 e. The van der Waals surface area contributed by atoms with Crippen molar-refractivity contribution in [2.24, 2.45) is 0 Å². The van der Waals surface area contributed by atoms with Crippen LogP contribution in [0, 0.1) is 0 Å². The second-order valence-electron chi connectivity index (χ2n) is 3.85. The third kappa shape index (κ3) is 3.49. The summed E-state index contributed by atoms with van der Waals surface area (Å²) in [5.41, 5.74) is 1.16. The Morgan fingerprint density at radius 1 is 1.37 bits per heavy atom. The maximum absolute atomic E-state index is 11.5. The van der Waals surface area contributed by atoms with E-state index in [2.05, 4.69) is 5.10 Å². The lowest BCUT2D eigenvalue weighted by atomic mass is 10.2. The topological polar surface area (TPSA) is 44.1 Å². The number of carbonyl (C=O) groups excluding carboxylic acids is 1. The van der Waals surface area contributed by atoms with E-state index in [0.29, 0.717) is 23.2 Å². The Bertz CT molecular complexity index is 596. The Labute approximate surface area is 120 Å².